The average molecular weight is 410 g/mol. The van der Waals surface area contributed by atoms with Gasteiger partial charge < -0.3 is 16.0 Å². The Bertz CT molecular complexity index is 826. The van der Waals surface area contributed by atoms with Crippen molar-refractivity contribution in [2.45, 2.75) is 6.04 Å². The molecule has 0 saturated heterocycles. The summed E-state index contributed by atoms with van der Waals surface area (Å²) in [6.07, 6.45) is 0. The minimum absolute atomic E-state index is 0.0761. The Balaban J connectivity index is 2.17. The summed E-state index contributed by atoms with van der Waals surface area (Å²) >= 11 is 12.1. The van der Waals surface area contributed by atoms with Gasteiger partial charge in [0.15, 0.2) is 12.6 Å². The summed E-state index contributed by atoms with van der Waals surface area (Å²) in [7, 11) is 1.66. The normalized spacial score (nSPS) is 12.7. The number of primary amides is 1. The number of para-hydroxylation sites is 1. The van der Waals surface area contributed by atoms with E-state index in [1.165, 1.54) is 0 Å². The van der Waals surface area contributed by atoms with Gasteiger partial charge in [0.1, 0.15) is 0 Å². The highest BCUT2D eigenvalue weighted by molar-refractivity contribution is 6.39. The lowest BCUT2D eigenvalue weighted by Gasteiger charge is -2.23. The second-order valence-corrected chi connectivity index (χ2v) is 6.68. The van der Waals surface area contributed by atoms with E-state index in [4.69, 9.17) is 28.9 Å². The van der Waals surface area contributed by atoms with Gasteiger partial charge >= 0.3 is 6.03 Å². The van der Waals surface area contributed by atoms with Gasteiger partial charge in [0.2, 0.25) is 0 Å². The van der Waals surface area contributed by atoms with Gasteiger partial charge in [0.05, 0.1) is 22.8 Å². The van der Waals surface area contributed by atoms with E-state index < -0.39 is 23.9 Å². The Hall–Kier alpha value is -2.61. The van der Waals surface area contributed by atoms with Crippen molar-refractivity contribution in [2.75, 3.05) is 18.9 Å². The number of urea groups is 1. The van der Waals surface area contributed by atoms with Crippen LogP contribution in [-0.2, 0) is 9.59 Å². The summed E-state index contributed by atoms with van der Waals surface area (Å²) in [4.78, 5) is 36.5. The molecule has 7 nitrogen and oxygen atoms in total. The van der Waals surface area contributed by atoms with E-state index in [0.717, 1.165) is 0 Å². The Labute approximate surface area is 166 Å². The number of hydrogen-bond acceptors (Lipinski definition) is 3. The molecule has 4 amide bonds. The molecule has 0 fully saturated rings. The zero-order valence-corrected chi connectivity index (χ0v) is 16.0. The fraction of sp³-hybridized carbons (Fsp3) is 0.167. The molecule has 1 unspecified atom stereocenters. The summed E-state index contributed by atoms with van der Waals surface area (Å²) in [5.41, 5.74) is 6.00. The van der Waals surface area contributed by atoms with Crippen molar-refractivity contribution in [2.24, 2.45) is 5.73 Å². The summed E-state index contributed by atoms with van der Waals surface area (Å²) in [5, 5.41) is 5.33. The second kappa shape index (κ2) is 9.36. The van der Waals surface area contributed by atoms with E-state index in [2.05, 4.69) is 10.6 Å². The van der Waals surface area contributed by atoms with Crippen LogP contribution in [-0.4, -0.2) is 31.4 Å². The minimum Gasteiger partial charge on any atom is -0.351 e. The predicted octanol–water partition coefficient (Wildman–Crippen LogP) is 1.38. The Morgan fingerprint density at radius 3 is 2.19 bits per heavy atom. The van der Waals surface area contributed by atoms with Gasteiger partial charge in [0, 0.05) is 5.56 Å². The molecule has 0 radical (unpaired) electrons. The standard InChI is InChI=1S/C18H18Cl2N4O3/c1-24(10-14(25)22-15-12(19)8-5-9-13(15)20)16(17(26)23-18(21)27)11-6-3-2-4-7-11/h2-9,16H,10H2,1H3,(H,22,25)(H3,21,23,26,27)/p+1/t16-/m0/s1. The molecule has 2 atom stereocenters. The number of amides is 4. The van der Waals surface area contributed by atoms with Crippen LogP contribution in [0.4, 0.5) is 10.5 Å². The molecule has 27 heavy (non-hydrogen) atoms. The molecule has 0 aromatic heterocycles. The first-order chi connectivity index (χ1) is 12.8. The molecule has 9 heteroatoms. The monoisotopic (exact) mass is 409 g/mol. The summed E-state index contributed by atoms with van der Waals surface area (Å²) < 4.78 is 0. The summed E-state index contributed by atoms with van der Waals surface area (Å²) in [6, 6.07) is 11.9. The molecule has 0 aliphatic carbocycles. The summed E-state index contributed by atoms with van der Waals surface area (Å²) in [5.74, 6) is -0.995. The third-order valence-electron chi connectivity index (χ3n) is 3.80. The van der Waals surface area contributed by atoms with Crippen LogP contribution in [0.2, 0.25) is 10.0 Å². The van der Waals surface area contributed by atoms with Crippen LogP contribution in [0.15, 0.2) is 48.5 Å². The van der Waals surface area contributed by atoms with Crippen molar-refractivity contribution in [1.29, 1.82) is 0 Å². The number of halogens is 2. The van der Waals surface area contributed by atoms with Crippen LogP contribution in [0, 0.1) is 0 Å². The van der Waals surface area contributed by atoms with Crippen molar-refractivity contribution < 1.29 is 19.3 Å². The van der Waals surface area contributed by atoms with Crippen LogP contribution in [0.25, 0.3) is 0 Å². The molecule has 0 heterocycles. The Morgan fingerprint density at radius 2 is 1.63 bits per heavy atom. The average Bonchev–Trinajstić information content (AvgIpc) is 2.58. The van der Waals surface area contributed by atoms with Crippen LogP contribution < -0.4 is 21.3 Å². The number of quaternary nitrogens is 1. The fourth-order valence-electron chi connectivity index (χ4n) is 2.65. The fourth-order valence-corrected chi connectivity index (χ4v) is 3.15. The van der Waals surface area contributed by atoms with Crippen LogP contribution >= 0.6 is 23.2 Å². The lowest BCUT2D eigenvalue weighted by molar-refractivity contribution is -0.894. The number of likely N-dealkylation sites (N-methyl/N-ethyl adjacent to an activating group) is 1. The van der Waals surface area contributed by atoms with Crippen molar-refractivity contribution >= 4 is 46.7 Å². The van der Waals surface area contributed by atoms with E-state index >= 15 is 0 Å². The highest BCUT2D eigenvalue weighted by Crippen LogP contribution is 2.29. The Kier molecular flexibility index (Phi) is 7.18. The van der Waals surface area contributed by atoms with Crippen molar-refractivity contribution in [1.82, 2.24) is 5.32 Å². The maximum atomic E-state index is 12.4. The van der Waals surface area contributed by atoms with E-state index in [1.807, 2.05) is 0 Å². The number of anilines is 1. The molecule has 5 N–H and O–H groups in total. The first-order valence-corrected chi connectivity index (χ1v) is 8.76. The first kappa shape index (κ1) is 20.7. The number of nitrogens with one attached hydrogen (secondary N) is 3. The van der Waals surface area contributed by atoms with Gasteiger partial charge in [-0.15, -0.1) is 0 Å². The minimum atomic E-state index is -0.957. The zero-order chi connectivity index (χ0) is 20.0. The number of benzene rings is 2. The van der Waals surface area contributed by atoms with Gasteiger partial charge in [-0.05, 0) is 12.1 Å². The lowest BCUT2D eigenvalue weighted by Crippen LogP contribution is -3.11. The van der Waals surface area contributed by atoms with Gasteiger partial charge in [-0.1, -0.05) is 59.6 Å². The van der Waals surface area contributed by atoms with E-state index in [9.17, 15) is 14.4 Å². The number of nitrogens with two attached hydrogens (primary N) is 1. The molecule has 2 aromatic rings. The number of carbonyl (C=O) groups is 3. The van der Waals surface area contributed by atoms with Gasteiger partial charge in [0.25, 0.3) is 11.8 Å². The number of rotatable bonds is 6. The van der Waals surface area contributed by atoms with E-state index in [0.29, 0.717) is 26.2 Å². The zero-order valence-electron chi connectivity index (χ0n) is 14.5. The maximum Gasteiger partial charge on any atom is 0.319 e. The molecular weight excluding hydrogens is 391 g/mol. The molecule has 142 valence electrons. The highest BCUT2D eigenvalue weighted by Gasteiger charge is 2.31. The second-order valence-electron chi connectivity index (χ2n) is 5.87. The van der Waals surface area contributed by atoms with E-state index in [1.54, 1.807) is 55.6 Å². The Morgan fingerprint density at radius 1 is 1.04 bits per heavy atom. The first-order valence-electron chi connectivity index (χ1n) is 8.01. The largest absolute Gasteiger partial charge is 0.351 e. The third kappa shape index (κ3) is 5.68. The van der Waals surface area contributed by atoms with Crippen molar-refractivity contribution in [3.05, 3.63) is 64.1 Å². The number of imide groups is 1. The number of carbonyl (C=O) groups excluding carboxylic acids is 3. The molecule has 0 spiro atoms. The third-order valence-corrected chi connectivity index (χ3v) is 4.43. The molecule has 2 aromatic carbocycles. The van der Waals surface area contributed by atoms with Gasteiger partial charge in [-0.2, -0.15) is 0 Å². The lowest BCUT2D eigenvalue weighted by atomic mass is 10.0. The van der Waals surface area contributed by atoms with Crippen LogP contribution in [0.3, 0.4) is 0 Å². The molecule has 0 bridgehead atoms. The van der Waals surface area contributed by atoms with Crippen LogP contribution in [0.5, 0.6) is 0 Å². The quantitative estimate of drug-likeness (QED) is 0.578. The predicted molar refractivity (Wildman–Crippen MR) is 104 cm³/mol. The molecule has 0 aliphatic heterocycles. The molecule has 2 rings (SSSR count). The SMILES string of the molecule is C[NH+](CC(=O)Nc1c(Cl)cccc1Cl)[C@H](C(=O)NC(N)=O)c1ccccc1. The topological polar surface area (TPSA) is 106 Å². The maximum absolute atomic E-state index is 12.4. The van der Waals surface area contributed by atoms with Gasteiger partial charge in [-0.3, -0.25) is 14.9 Å². The van der Waals surface area contributed by atoms with Gasteiger partial charge in [-0.25, -0.2) is 4.79 Å². The smallest absolute Gasteiger partial charge is 0.319 e. The molecule has 0 aliphatic rings. The molecule has 0 saturated carbocycles. The summed E-state index contributed by atoms with van der Waals surface area (Å²) in [6.45, 7) is -0.0761. The van der Waals surface area contributed by atoms with Crippen LogP contribution in [0.1, 0.15) is 11.6 Å². The van der Waals surface area contributed by atoms with Crippen molar-refractivity contribution in [3.8, 4) is 0 Å². The number of hydrogen-bond donors (Lipinski definition) is 4. The van der Waals surface area contributed by atoms with E-state index in [-0.39, 0.29) is 6.54 Å². The highest BCUT2D eigenvalue weighted by atomic mass is 35.5. The van der Waals surface area contributed by atoms with Crippen molar-refractivity contribution in [3.63, 3.8) is 0 Å². The molecular formula is C18H19Cl2N4O3+.